The predicted octanol–water partition coefficient (Wildman–Crippen LogP) is 1.90. The van der Waals surface area contributed by atoms with E-state index in [0.29, 0.717) is 0 Å². The molecule has 0 fully saturated rings. The van der Waals surface area contributed by atoms with Crippen molar-refractivity contribution in [1.82, 2.24) is 4.98 Å². The van der Waals surface area contributed by atoms with E-state index in [0.717, 1.165) is 11.5 Å². The highest BCUT2D eigenvalue weighted by atomic mass is 16.1. The second-order valence-electron chi connectivity index (χ2n) is 2.75. The van der Waals surface area contributed by atoms with Crippen molar-refractivity contribution in [2.24, 2.45) is 0 Å². The van der Waals surface area contributed by atoms with E-state index < -0.39 is 0 Å². The van der Waals surface area contributed by atoms with Crippen LogP contribution in [0.1, 0.15) is 12.6 Å². The number of hydrogen-bond donors (Lipinski definition) is 1. The Bertz CT molecular complexity index is 331. The minimum atomic E-state index is 0.0140. The van der Waals surface area contributed by atoms with Crippen molar-refractivity contribution in [2.45, 2.75) is 13.8 Å². The molecule has 0 spiro atoms. The lowest BCUT2D eigenvalue weighted by molar-refractivity contribution is -0.112. The number of aromatic nitrogens is 1. The normalized spacial score (nSPS) is 10.3. The lowest BCUT2D eigenvalue weighted by Gasteiger charge is -1.99. The van der Waals surface area contributed by atoms with Crippen molar-refractivity contribution < 1.29 is 4.79 Å². The van der Waals surface area contributed by atoms with Gasteiger partial charge in [0.25, 0.3) is 0 Å². The van der Waals surface area contributed by atoms with Crippen LogP contribution in [-0.4, -0.2) is 10.8 Å². The minimum absolute atomic E-state index is 0.0140. The molecule has 0 saturated carbocycles. The molecular formula is C10H12N2O. The van der Waals surface area contributed by atoms with Gasteiger partial charge in [0, 0.05) is 11.9 Å². The Morgan fingerprint density at radius 3 is 2.92 bits per heavy atom. The molecule has 0 aromatic carbocycles. The van der Waals surface area contributed by atoms with Crippen molar-refractivity contribution in [1.29, 1.82) is 0 Å². The van der Waals surface area contributed by atoms with Gasteiger partial charge in [0.05, 0.1) is 0 Å². The van der Waals surface area contributed by atoms with Gasteiger partial charge in [-0.15, -0.1) is 0 Å². The van der Waals surface area contributed by atoms with Crippen LogP contribution in [0.25, 0.3) is 0 Å². The van der Waals surface area contributed by atoms with Crippen LogP contribution < -0.4 is 5.32 Å². The second-order valence-corrected chi connectivity index (χ2v) is 2.75. The first-order valence-corrected chi connectivity index (χ1v) is 4.06. The molecule has 68 valence electrons. The Balaban J connectivity index is 2.59. The topological polar surface area (TPSA) is 42.0 Å². The third-order valence-electron chi connectivity index (χ3n) is 1.44. The largest absolute Gasteiger partial charge is 0.347 e. The fourth-order valence-electron chi connectivity index (χ4n) is 0.868. The second kappa shape index (κ2) is 4.40. The van der Waals surface area contributed by atoms with Gasteiger partial charge in [0.2, 0.25) is 0 Å². The average molecular weight is 176 g/mol. The first kappa shape index (κ1) is 9.45. The number of aryl methyl sites for hydroxylation is 1. The Morgan fingerprint density at radius 1 is 1.54 bits per heavy atom. The summed E-state index contributed by atoms with van der Waals surface area (Å²) in [6.45, 7) is 3.42. The van der Waals surface area contributed by atoms with Crippen LogP contribution in [0, 0.1) is 6.92 Å². The quantitative estimate of drug-likeness (QED) is 0.715. The summed E-state index contributed by atoms with van der Waals surface area (Å²) in [6, 6.07) is 5.67. The van der Waals surface area contributed by atoms with Crippen molar-refractivity contribution in [2.75, 3.05) is 5.32 Å². The summed E-state index contributed by atoms with van der Waals surface area (Å²) in [5.41, 5.74) is 0.946. The smallest absolute Gasteiger partial charge is 0.154 e. The van der Waals surface area contributed by atoms with Gasteiger partial charge in [0.1, 0.15) is 5.82 Å². The molecule has 13 heavy (non-hydrogen) atoms. The van der Waals surface area contributed by atoms with Gasteiger partial charge in [-0.05, 0) is 32.1 Å². The summed E-state index contributed by atoms with van der Waals surface area (Å²) < 4.78 is 0. The van der Waals surface area contributed by atoms with Crippen LogP contribution in [0.3, 0.4) is 0 Å². The Hall–Kier alpha value is -1.64. The molecular weight excluding hydrogens is 164 g/mol. The maximum absolute atomic E-state index is 10.6. The molecule has 0 radical (unpaired) electrons. The number of carbonyl (C=O) groups excluding carboxylic acids is 1. The molecule has 1 heterocycles. The van der Waals surface area contributed by atoms with Gasteiger partial charge in [-0.1, -0.05) is 6.07 Å². The molecule has 0 saturated heterocycles. The van der Waals surface area contributed by atoms with Gasteiger partial charge in [-0.2, -0.15) is 0 Å². The maximum atomic E-state index is 10.6. The van der Waals surface area contributed by atoms with E-state index in [1.54, 1.807) is 6.20 Å². The molecule has 3 heteroatoms. The minimum Gasteiger partial charge on any atom is -0.347 e. The van der Waals surface area contributed by atoms with Gasteiger partial charge in [-0.3, -0.25) is 4.79 Å². The first-order chi connectivity index (χ1) is 6.18. The Labute approximate surface area is 77.5 Å². The van der Waals surface area contributed by atoms with E-state index in [-0.39, 0.29) is 5.78 Å². The lowest BCUT2D eigenvalue weighted by Crippen LogP contribution is -1.93. The third-order valence-corrected chi connectivity index (χ3v) is 1.44. The standard InChI is InChI=1S/C10H12N2O/c1-8-4-3-5-10(12-8)11-7-6-9(2)13/h3-7H,1-2H3,(H,11,12)/b7-6-. The number of carbonyl (C=O) groups is 1. The zero-order valence-electron chi connectivity index (χ0n) is 7.74. The van der Waals surface area contributed by atoms with Crippen LogP contribution in [0.4, 0.5) is 5.82 Å². The molecule has 0 aliphatic rings. The zero-order valence-corrected chi connectivity index (χ0v) is 7.74. The average Bonchev–Trinajstić information content (AvgIpc) is 2.03. The highest BCUT2D eigenvalue weighted by molar-refractivity contribution is 5.87. The number of nitrogens with zero attached hydrogens (tertiary/aromatic N) is 1. The molecule has 0 aliphatic heterocycles. The fraction of sp³-hybridized carbons (Fsp3) is 0.200. The summed E-state index contributed by atoms with van der Waals surface area (Å²) >= 11 is 0. The molecule has 1 aromatic heterocycles. The Morgan fingerprint density at radius 2 is 2.31 bits per heavy atom. The van der Waals surface area contributed by atoms with Gasteiger partial charge >= 0.3 is 0 Å². The summed E-state index contributed by atoms with van der Waals surface area (Å²) in [6.07, 6.45) is 3.05. The summed E-state index contributed by atoms with van der Waals surface area (Å²) in [7, 11) is 0. The number of hydrogen-bond acceptors (Lipinski definition) is 3. The van der Waals surface area contributed by atoms with Crippen LogP contribution in [0.15, 0.2) is 30.5 Å². The highest BCUT2D eigenvalue weighted by Crippen LogP contribution is 2.02. The highest BCUT2D eigenvalue weighted by Gasteiger charge is 1.89. The molecule has 1 rings (SSSR count). The number of pyridine rings is 1. The molecule has 0 amide bonds. The number of nitrogens with one attached hydrogen (secondary N) is 1. The van der Waals surface area contributed by atoms with E-state index in [9.17, 15) is 4.79 Å². The third kappa shape index (κ3) is 3.51. The van der Waals surface area contributed by atoms with Gasteiger partial charge in [0.15, 0.2) is 5.78 Å². The SMILES string of the molecule is CC(=O)/C=C\Nc1cccc(C)n1. The van der Waals surface area contributed by atoms with Crippen molar-refractivity contribution in [3.05, 3.63) is 36.2 Å². The predicted molar refractivity (Wildman–Crippen MR) is 52.4 cm³/mol. The molecule has 1 aromatic rings. The number of ketones is 1. The number of anilines is 1. The summed E-state index contributed by atoms with van der Waals surface area (Å²) in [5, 5.41) is 2.90. The van der Waals surface area contributed by atoms with Crippen LogP contribution in [0.2, 0.25) is 0 Å². The molecule has 3 nitrogen and oxygen atoms in total. The van der Waals surface area contributed by atoms with Gasteiger partial charge < -0.3 is 5.32 Å². The monoisotopic (exact) mass is 176 g/mol. The molecule has 0 aliphatic carbocycles. The molecule has 0 atom stereocenters. The van der Waals surface area contributed by atoms with Crippen LogP contribution >= 0.6 is 0 Å². The van der Waals surface area contributed by atoms with Gasteiger partial charge in [-0.25, -0.2) is 4.98 Å². The number of allylic oxidation sites excluding steroid dienone is 1. The van der Waals surface area contributed by atoms with E-state index in [2.05, 4.69) is 10.3 Å². The molecule has 0 unspecified atom stereocenters. The van der Waals surface area contributed by atoms with E-state index in [1.807, 2.05) is 25.1 Å². The molecule has 1 N–H and O–H groups in total. The summed E-state index contributed by atoms with van der Waals surface area (Å²) in [4.78, 5) is 14.8. The number of rotatable bonds is 3. The maximum Gasteiger partial charge on any atom is 0.154 e. The van der Waals surface area contributed by atoms with E-state index in [1.165, 1.54) is 13.0 Å². The van der Waals surface area contributed by atoms with Crippen molar-refractivity contribution >= 4 is 11.6 Å². The van der Waals surface area contributed by atoms with Crippen molar-refractivity contribution in [3.63, 3.8) is 0 Å². The lowest BCUT2D eigenvalue weighted by atomic mass is 10.4. The Kier molecular flexibility index (Phi) is 3.20. The van der Waals surface area contributed by atoms with Crippen LogP contribution in [-0.2, 0) is 4.79 Å². The summed E-state index contributed by atoms with van der Waals surface area (Å²) in [5.74, 6) is 0.762. The fourth-order valence-corrected chi connectivity index (χ4v) is 0.868. The zero-order chi connectivity index (χ0) is 9.68. The van der Waals surface area contributed by atoms with E-state index in [4.69, 9.17) is 0 Å². The molecule has 0 bridgehead atoms. The van der Waals surface area contributed by atoms with Crippen molar-refractivity contribution in [3.8, 4) is 0 Å². The van der Waals surface area contributed by atoms with Crippen LogP contribution in [0.5, 0.6) is 0 Å². The first-order valence-electron chi connectivity index (χ1n) is 4.06. The van der Waals surface area contributed by atoms with E-state index >= 15 is 0 Å².